The number of imidazole rings is 1. The molecule has 4 rings (SSSR count). The maximum Gasteiger partial charge on any atom is 0.254 e. The van der Waals surface area contributed by atoms with Gasteiger partial charge in [-0.1, -0.05) is 0 Å². The average molecular weight is 339 g/mol. The van der Waals surface area contributed by atoms with E-state index in [1.165, 1.54) is 18.7 Å². The van der Waals surface area contributed by atoms with E-state index in [1.807, 2.05) is 18.2 Å². The van der Waals surface area contributed by atoms with Gasteiger partial charge in [-0.05, 0) is 12.1 Å². The molecule has 1 aromatic carbocycles. The number of hydrogen-bond acceptors (Lipinski definition) is 6. The average Bonchev–Trinajstić information content (AvgIpc) is 3.05. The van der Waals surface area contributed by atoms with E-state index >= 15 is 0 Å². The van der Waals surface area contributed by atoms with Gasteiger partial charge in [-0.15, -0.1) is 0 Å². The summed E-state index contributed by atoms with van der Waals surface area (Å²) in [6, 6.07) is 5.72. The number of amides is 1. The van der Waals surface area contributed by atoms with Gasteiger partial charge in [-0.25, -0.2) is 15.0 Å². The van der Waals surface area contributed by atoms with E-state index in [2.05, 4.69) is 24.8 Å². The molecule has 128 valence electrons. The highest BCUT2D eigenvalue weighted by atomic mass is 16.5. The zero-order valence-electron chi connectivity index (χ0n) is 13.7. The summed E-state index contributed by atoms with van der Waals surface area (Å²) >= 11 is 0. The summed E-state index contributed by atoms with van der Waals surface area (Å²) in [5.41, 5.74) is 2.28. The third-order valence-corrected chi connectivity index (χ3v) is 4.20. The molecule has 2 aromatic heterocycles. The van der Waals surface area contributed by atoms with Gasteiger partial charge in [0.15, 0.2) is 0 Å². The first-order valence-corrected chi connectivity index (χ1v) is 7.92. The number of rotatable bonds is 4. The van der Waals surface area contributed by atoms with Crippen LogP contribution in [0.3, 0.4) is 0 Å². The maximum absolute atomic E-state index is 12.2. The van der Waals surface area contributed by atoms with Crippen molar-refractivity contribution >= 4 is 16.9 Å². The van der Waals surface area contributed by atoms with Crippen LogP contribution in [0.1, 0.15) is 22.2 Å². The van der Waals surface area contributed by atoms with Gasteiger partial charge < -0.3 is 19.4 Å². The molecule has 1 aliphatic heterocycles. The number of ether oxygens (including phenoxy) is 2. The Balaban J connectivity index is 1.59. The van der Waals surface area contributed by atoms with Crippen molar-refractivity contribution in [1.82, 2.24) is 24.8 Å². The Morgan fingerprint density at radius 2 is 2.24 bits per heavy atom. The van der Waals surface area contributed by atoms with Gasteiger partial charge in [0.2, 0.25) is 0 Å². The van der Waals surface area contributed by atoms with Crippen LogP contribution in [0.2, 0.25) is 0 Å². The number of nitrogens with one attached hydrogen (secondary N) is 1. The predicted molar refractivity (Wildman–Crippen MR) is 89.3 cm³/mol. The molecule has 8 heteroatoms. The molecule has 1 atom stereocenters. The summed E-state index contributed by atoms with van der Waals surface area (Å²) in [6.07, 6.45) is 4.37. The predicted octanol–water partition coefficient (Wildman–Crippen LogP) is 1.34. The highest BCUT2D eigenvalue weighted by Crippen LogP contribution is 2.28. The van der Waals surface area contributed by atoms with E-state index < -0.39 is 0 Å². The second-order valence-corrected chi connectivity index (χ2v) is 5.76. The van der Waals surface area contributed by atoms with Crippen LogP contribution >= 0.6 is 0 Å². The van der Waals surface area contributed by atoms with Gasteiger partial charge in [0.25, 0.3) is 5.91 Å². The number of aromatic nitrogens is 4. The molecule has 0 fully saturated rings. The molecule has 3 heterocycles. The number of carbonyl (C=O) groups excluding carboxylic acids is 1. The highest BCUT2D eigenvalue weighted by molar-refractivity contribution is 5.93. The summed E-state index contributed by atoms with van der Waals surface area (Å²) in [7, 11) is 1.64. The molecule has 25 heavy (non-hydrogen) atoms. The smallest absolute Gasteiger partial charge is 0.254 e. The van der Waals surface area contributed by atoms with Crippen LogP contribution in [0.4, 0.5) is 0 Å². The molecule has 0 saturated heterocycles. The minimum Gasteiger partial charge on any atom is -0.497 e. The minimum absolute atomic E-state index is 0.0468. The Kier molecular flexibility index (Phi) is 4.02. The van der Waals surface area contributed by atoms with Crippen LogP contribution in [-0.2, 0) is 11.3 Å². The van der Waals surface area contributed by atoms with Gasteiger partial charge in [0.05, 0.1) is 36.4 Å². The van der Waals surface area contributed by atoms with E-state index in [1.54, 1.807) is 7.11 Å². The van der Waals surface area contributed by atoms with Crippen molar-refractivity contribution in [2.24, 2.45) is 0 Å². The number of nitrogens with zero attached hydrogens (tertiary/aromatic N) is 4. The van der Waals surface area contributed by atoms with E-state index in [-0.39, 0.29) is 11.9 Å². The Morgan fingerprint density at radius 1 is 1.40 bits per heavy atom. The molecule has 1 amide bonds. The lowest BCUT2D eigenvalue weighted by Gasteiger charge is -2.26. The Labute approximate surface area is 143 Å². The van der Waals surface area contributed by atoms with Gasteiger partial charge >= 0.3 is 0 Å². The molecule has 1 unspecified atom stereocenters. The number of benzene rings is 1. The maximum atomic E-state index is 12.2. The fourth-order valence-electron chi connectivity index (χ4n) is 3.00. The summed E-state index contributed by atoms with van der Waals surface area (Å²) in [5, 5.41) is 2.91. The number of hydrogen-bond donors (Lipinski definition) is 1. The lowest BCUT2D eigenvalue weighted by atomic mass is 10.2. The molecule has 0 radical (unpaired) electrons. The Hall–Kier alpha value is -3.00. The fourth-order valence-corrected chi connectivity index (χ4v) is 3.00. The molecule has 0 spiro atoms. The van der Waals surface area contributed by atoms with Crippen LogP contribution in [0, 0.1) is 0 Å². The zero-order valence-corrected chi connectivity index (χ0v) is 13.7. The largest absolute Gasteiger partial charge is 0.497 e. The number of carbonyl (C=O) groups is 1. The van der Waals surface area contributed by atoms with Crippen LogP contribution in [-0.4, -0.2) is 45.7 Å². The van der Waals surface area contributed by atoms with E-state index in [9.17, 15) is 4.79 Å². The minimum atomic E-state index is -0.213. The van der Waals surface area contributed by atoms with E-state index in [4.69, 9.17) is 9.47 Å². The van der Waals surface area contributed by atoms with E-state index in [0.29, 0.717) is 25.3 Å². The summed E-state index contributed by atoms with van der Waals surface area (Å²) < 4.78 is 13.1. The summed E-state index contributed by atoms with van der Waals surface area (Å²) in [4.78, 5) is 24.6. The number of methoxy groups -OCH3 is 1. The van der Waals surface area contributed by atoms with Crippen molar-refractivity contribution in [1.29, 1.82) is 0 Å². The lowest BCUT2D eigenvalue weighted by Crippen LogP contribution is -2.35. The van der Waals surface area contributed by atoms with Gasteiger partial charge in [0, 0.05) is 25.0 Å². The van der Waals surface area contributed by atoms with Gasteiger partial charge in [-0.2, -0.15) is 0 Å². The zero-order chi connectivity index (χ0) is 17.2. The quantitative estimate of drug-likeness (QED) is 0.771. The topological polar surface area (TPSA) is 91.2 Å². The molecule has 1 aliphatic rings. The highest BCUT2D eigenvalue weighted by Gasteiger charge is 2.25. The molecule has 1 N–H and O–H groups in total. The Bertz CT molecular complexity index is 909. The van der Waals surface area contributed by atoms with Crippen LogP contribution in [0.25, 0.3) is 11.0 Å². The standard InChI is InChI=1S/C17H17N5O3/c1-24-13-2-3-14-15(4-13)22-12(8-25-9-16(22)21-14)7-20-17(23)11-5-18-10-19-6-11/h2-6,10,12H,7-9H2,1H3,(H,20,23). The van der Waals surface area contributed by atoms with E-state index in [0.717, 1.165) is 22.6 Å². The lowest BCUT2D eigenvalue weighted by molar-refractivity contribution is 0.0553. The second-order valence-electron chi connectivity index (χ2n) is 5.76. The second kappa shape index (κ2) is 6.48. The van der Waals surface area contributed by atoms with Crippen molar-refractivity contribution in [3.05, 3.63) is 48.3 Å². The molecule has 0 bridgehead atoms. The molecule has 0 aliphatic carbocycles. The van der Waals surface area contributed by atoms with Gasteiger partial charge in [0.1, 0.15) is 24.5 Å². The molecule has 0 saturated carbocycles. The molecular weight excluding hydrogens is 322 g/mol. The third kappa shape index (κ3) is 2.91. The van der Waals surface area contributed by atoms with Crippen LogP contribution < -0.4 is 10.1 Å². The normalized spacial score (nSPS) is 16.4. The SMILES string of the molecule is COc1ccc2nc3n(c2c1)C(CNC(=O)c1cncnc1)COC3. The first-order chi connectivity index (χ1) is 12.3. The summed E-state index contributed by atoms with van der Waals surface area (Å²) in [6.45, 7) is 1.37. The van der Waals surface area contributed by atoms with Crippen molar-refractivity contribution in [2.75, 3.05) is 20.3 Å². The van der Waals surface area contributed by atoms with Crippen molar-refractivity contribution in [2.45, 2.75) is 12.6 Å². The Morgan fingerprint density at radius 3 is 3.04 bits per heavy atom. The molecular formula is C17H17N5O3. The summed E-state index contributed by atoms with van der Waals surface area (Å²) in [5.74, 6) is 1.40. The molecule has 8 nitrogen and oxygen atoms in total. The van der Waals surface area contributed by atoms with Crippen LogP contribution in [0.5, 0.6) is 5.75 Å². The fraction of sp³-hybridized carbons (Fsp3) is 0.294. The first kappa shape index (κ1) is 15.5. The van der Waals surface area contributed by atoms with Crippen molar-refractivity contribution in [3.8, 4) is 5.75 Å². The van der Waals surface area contributed by atoms with Crippen molar-refractivity contribution < 1.29 is 14.3 Å². The van der Waals surface area contributed by atoms with Crippen LogP contribution in [0.15, 0.2) is 36.9 Å². The van der Waals surface area contributed by atoms with Crippen molar-refractivity contribution in [3.63, 3.8) is 0 Å². The monoisotopic (exact) mass is 339 g/mol. The number of fused-ring (bicyclic) bond motifs is 3. The first-order valence-electron chi connectivity index (χ1n) is 7.92. The third-order valence-electron chi connectivity index (χ3n) is 4.20. The van der Waals surface area contributed by atoms with Gasteiger partial charge in [-0.3, -0.25) is 4.79 Å². The molecule has 3 aromatic rings.